The van der Waals surface area contributed by atoms with Gasteiger partial charge in [0.05, 0.1) is 0 Å². The summed E-state index contributed by atoms with van der Waals surface area (Å²) in [4.78, 5) is 23.8. The Morgan fingerprint density at radius 3 is 1.24 bits per heavy atom. The van der Waals surface area contributed by atoms with Gasteiger partial charge in [-0.25, -0.2) is 9.59 Å². The standard InChI is InChI=1S/C29H34N2O6/c1-20(2)22(5)34-15-17-36-28(32)30-26-11-7-24(8-12-26)19-25-9-13-27(14-10-25)31-29(33)37-18-16-35-23(6)21(3)4/h7-14H,1,3,5-6,15-19H2,2,4H3,(H,30,32)(H,31,33). The molecule has 0 aliphatic heterocycles. The Kier molecular flexibility index (Phi) is 11.5. The zero-order valence-corrected chi connectivity index (χ0v) is 21.4. The van der Waals surface area contributed by atoms with E-state index in [-0.39, 0.29) is 26.4 Å². The van der Waals surface area contributed by atoms with Gasteiger partial charge in [0, 0.05) is 11.4 Å². The number of anilines is 2. The maximum absolute atomic E-state index is 11.9. The fraction of sp³-hybridized carbons (Fsp3) is 0.241. The summed E-state index contributed by atoms with van der Waals surface area (Å²) in [6.45, 7) is 19.0. The lowest BCUT2D eigenvalue weighted by Crippen LogP contribution is -2.16. The van der Waals surface area contributed by atoms with Crippen molar-refractivity contribution in [2.24, 2.45) is 0 Å². The summed E-state index contributed by atoms with van der Waals surface area (Å²) in [6, 6.07) is 14.9. The molecule has 0 aliphatic rings. The molecule has 0 unspecified atom stereocenters. The van der Waals surface area contributed by atoms with Crippen LogP contribution in [-0.4, -0.2) is 38.6 Å². The Labute approximate surface area is 218 Å². The highest BCUT2D eigenvalue weighted by molar-refractivity contribution is 5.85. The Morgan fingerprint density at radius 2 is 0.919 bits per heavy atom. The van der Waals surface area contributed by atoms with E-state index in [0.29, 0.717) is 29.3 Å². The number of hydrogen-bond donors (Lipinski definition) is 2. The van der Waals surface area contributed by atoms with Crippen molar-refractivity contribution >= 4 is 23.6 Å². The first-order valence-electron chi connectivity index (χ1n) is 11.6. The fourth-order valence-electron chi connectivity index (χ4n) is 2.80. The number of allylic oxidation sites excluding steroid dienone is 2. The average molecular weight is 507 g/mol. The molecule has 2 rings (SSSR count). The maximum atomic E-state index is 11.9. The highest BCUT2D eigenvalue weighted by atomic mass is 16.6. The quantitative estimate of drug-likeness (QED) is 0.171. The number of hydrogen-bond acceptors (Lipinski definition) is 6. The molecule has 2 aromatic carbocycles. The summed E-state index contributed by atoms with van der Waals surface area (Å²) < 4.78 is 20.8. The Hall–Kier alpha value is -4.46. The van der Waals surface area contributed by atoms with Gasteiger partial charge in [-0.15, -0.1) is 0 Å². The van der Waals surface area contributed by atoms with Crippen LogP contribution in [0, 0.1) is 0 Å². The van der Waals surface area contributed by atoms with Crippen LogP contribution < -0.4 is 10.6 Å². The number of rotatable bonds is 14. The second kappa shape index (κ2) is 14.8. The van der Waals surface area contributed by atoms with Crippen molar-refractivity contribution in [2.75, 3.05) is 37.1 Å². The lowest BCUT2D eigenvalue weighted by Gasteiger charge is -2.11. The molecule has 0 bridgehead atoms. The number of carbonyl (C=O) groups is 2. The van der Waals surface area contributed by atoms with Crippen LogP contribution in [0.2, 0.25) is 0 Å². The van der Waals surface area contributed by atoms with Crippen LogP contribution in [0.1, 0.15) is 25.0 Å². The van der Waals surface area contributed by atoms with Crippen molar-refractivity contribution in [3.05, 3.63) is 109 Å². The van der Waals surface area contributed by atoms with E-state index in [2.05, 4.69) is 36.9 Å². The molecule has 8 nitrogen and oxygen atoms in total. The summed E-state index contributed by atoms with van der Waals surface area (Å²) in [5, 5.41) is 5.35. The normalized spacial score (nSPS) is 10.0. The predicted molar refractivity (Wildman–Crippen MR) is 145 cm³/mol. The molecule has 0 heterocycles. The van der Waals surface area contributed by atoms with Gasteiger partial charge in [-0.3, -0.25) is 10.6 Å². The molecular weight excluding hydrogens is 472 g/mol. The minimum Gasteiger partial charge on any atom is -0.490 e. The van der Waals surface area contributed by atoms with Gasteiger partial charge in [0.2, 0.25) is 0 Å². The summed E-state index contributed by atoms with van der Waals surface area (Å²) in [5.74, 6) is 0.938. The van der Waals surface area contributed by atoms with Crippen LogP contribution in [0.5, 0.6) is 0 Å². The molecule has 8 heteroatoms. The van der Waals surface area contributed by atoms with E-state index in [0.717, 1.165) is 22.3 Å². The third-order valence-electron chi connectivity index (χ3n) is 4.95. The first-order valence-corrected chi connectivity index (χ1v) is 11.6. The number of nitrogens with one attached hydrogen (secondary N) is 2. The van der Waals surface area contributed by atoms with Crippen LogP contribution in [0.15, 0.2) is 97.5 Å². The zero-order valence-electron chi connectivity index (χ0n) is 21.4. The van der Waals surface area contributed by atoms with E-state index < -0.39 is 12.2 Å². The van der Waals surface area contributed by atoms with E-state index in [1.54, 1.807) is 38.1 Å². The van der Waals surface area contributed by atoms with E-state index in [4.69, 9.17) is 18.9 Å². The molecule has 0 saturated heterocycles. The number of ether oxygens (including phenoxy) is 4. The molecule has 37 heavy (non-hydrogen) atoms. The summed E-state index contributed by atoms with van der Waals surface area (Å²) in [5.41, 5.74) is 4.80. The number of benzene rings is 2. The van der Waals surface area contributed by atoms with Gasteiger partial charge < -0.3 is 18.9 Å². The minimum absolute atomic E-state index is 0.0960. The molecule has 196 valence electrons. The van der Waals surface area contributed by atoms with E-state index in [1.807, 2.05) is 24.3 Å². The second-order valence-electron chi connectivity index (χ2n) is 8.20. The second-order valence-corrected chi connectivity index (χ2v) is 8.20. The topological polar surface area (TPSA) is 95.1 Å². The Bertz CT molecular complexity index is 1030. The van der Waals surface area contributed by atoms with E-state index in [1.165, 1.54) is 0 Å². The molecule has 0 aliphatic carbocycles. The van der Waals surface area contributed by atoms with Crippen molar-refractivity contribution < 1.29 is 28.5 Å². The zero-order chi connectivity index (χ0) is 27.2. The van der Waals surface area contributed by atoms with Crippen molar-refractivity contribution in [1.29, 1.82) is 0 Å². The van der Waals surface area contributed by atoms with Crippen LogP contribution >= 0.6 is 0 Å². The minimum atomic E-state index is -0.566. The third kappa shape index (κ3) is 11.2. The maximum Gasteiger partial charge on any atom is 0.411 e. The fourth-order valence-corrected chi connectivity index (χ4v) is 2.80. The lowest BCUT2D eigenvalue weighted by molar-refractivity contribution is 0.115. The van der Waals surface area contributed by atoms with Crippen molar-refractivity contribution in [3.8, 4) is 0 Å². The Balaban J connectivity index is 1.71. The smallest absolute Gasteiger partial charge is 0.411 e. The van der Waals surface area contributed by atoms with Crippen LogP contribution in [0.3, 0.4) is 0 Å². The first kappa shape index (κ1) is 28.8. The van der Waals surface area contributed by atoms with Gasteiger partial charge in [-0.1, -0.05) is 50.6 Å². The third-order valence-corrected chi connectivity index (χ3v) is 4.95. The van der Waals surface area contributed by atoms with Crippen molar-refractivity contribution in [3.63, 3.8) is 0 Å². The molecule has 2 amide bonds. The predicted octanol–water partition coefficient (Wildman–Crippen LogP) is 6.59. The molecule has 0 fully saturated rings. The van der Waals surface area contributed by atoms with E-state index >= 15 is 0 Å². The SMILES string of the molecule is C=C(C)C(=C)OCCOC(=O)Nc1ccc(Cc2ccc(NC(=O)OCCOC(=C)C(=C)C)cc2)cc1. The lowest BCUT2D eigenvalue weighted by atomic mass is 10.0. The van der Waals surface area contributed by atoms with Crippen molar-refractivity contribution in [2.45, 2.75) is 20.3 Å². The van der Waals surface area contributed by atoms with E-state index in [9.17, 15) is 9.59 Å². The van der Waals surface area contributed by atoms with Crippen LogP contribution in [0.25, 0.3) is 0 Å². The van der Waals surface area contributed by atoms with Gasteiger partial charge in [0.1, 0.15) is 37.9 Å². The molecule has 2 N–H and O–H groups in total. The molecular formula is C29H34N2O6. The highest BCUT2D eigenvalue weighted by Crippen LogP contribution is 2.16. The Morgan fingerprint density at radius 1 is 0.595 bits per heavy atom. The summed E-state index contributed by atoms with van der Waals surface area (Å²) in [6.07, 6.45) is -0.448. The largest absolute Gasteiger partial charge is 0.490 e. The number of amides is 2. The highest BCUT2D eigenvalue weighted by Gasteiger charge is 2.06. The van der Waals surface area contributed by atoms with Gasteiger partial charge in [-0.2, -0.15) is 0 Å². The van der Waals surface area contributed by atoms with Crippen LogP contribution in [0.4, 0.5) is 21.0 Å². The van der Waals surface area contributed by atoms with Gasteiger partial charge in [0.25, 0.3) is 0 Å². The molecule has 0 saturated carbocycles. The van der Waals surface area contributed by atoms with Gasteiger partial charge in [0.15, 0.2) is 0 Å². The average Bonchev–Trinajstić information content (AvgIpc) is 2.86. The monoisotopic (exact) mass is 506 g/mol. The van der Waals surface area contributed by atoms with Gasteiger partial charge in [-0.05, 0) is 66.8 Å². The molecule has 0 aromatic heterocycles. The summed E-state index contributed by atoms with van der Waals surface area (Å²) >= 11 is 0. The first-order chi connectivity index (χ1) is 17.6. The molecule has 0 atom stereocenters. The van der Waals surface area contributed by atoms with Crippen molar-refractivity contribution in [1.82, 2.24) is 0 Å². The number of carbonyl (C=O) groups excluding carboxylic acids is 2. The molecule has 2 aromatic rings. The van der Waals surface area contributed by atoms with Gasteiger partial charge >= 0.3 is 12.2 Å². The summed E-state index contributed by atoms with van der Waals surface area (Å²) in [7, 11) is 0. The molecule has 0 spiro atoms. The molecule has 0 radical (unpaired) electrons. The van der Waals surface area contributed by atoms with Crippen LogP contribution in [-0.2, 0) is 25.4 Å².